The number of anilines is 6. The Labute approximate surface area is 379 Å². The molecule has 10 aromatic carbocycles. The smallest absolute Gasteiger partial charge is 0.136 e. The highest BCUT2D eigenvalue weighted by atomic mass is 32.1. The Morgan fingerprint density at radius 1 is 0.323 bits per heavy atom. The zero-order valence-electron chi connectivity index (χ0n) is 35.1. The third-order valence-corrected chi connectivity index (χ3v) is 13.8. The molecule has 5 heteroatoms. The van der Waals surface area contributed by atoms with Gasteiger partial charge in [0.15, 0.2) is 0 Å². The Balaban J connectivity index is 1.04. The van der Waals surface area contributed by atoms with Crippen molar-refractivity contribution in [3.05, 3.63) is 231 Å². The number of rotatable bonds is 8. The monoisotopic (exact) mass is 850 g/mol. The van der Waals surface area contributed by atoms with Gasteiger partial charge in [0.1, 0.15) is 22.3 Å². The van der Waals surface area contributed by atoms with E-state index in [0.717, 1.165) is 100 Å². The molecule has 306 valence electrons. The second-order valence-corrected chi connectivity index (χ2v) is 17.5. The lowest BCUT2D eigenvalue weighted by molar-refractivity contribution is 0.668. The van der Waals surface area contributed by atoms with Crippen LogP contribution in [0.25, 0.3) is 86.3 Å². The van der Waals surface area contributed by atoms with Crippen molar-refractivity contribution in [3.8, 4) is 22.3 Å². The maximum Gasteiger partial charge on any atom is 0.136 e. The Hall–Kier alpha value is -8.38. The molecule has 3 aromatic heterocycles. The SMILES string of the molecule is c1ccc(N(c2ccccc2)c2ccc3c(sc4cc(-c5cccc6oc7ccccc7c56)ccc43)c2N(c2ccccc2)c2ccc(-c3ccc4oc5ccccc5c4c3)cc2)cc1. The van der Waals surface area contributed by atoms with Gasteiger partial charge in [-0.3, -0.25) is 0 Å². The van der Waals surface area contributed by atoms with Gasteiger partial charge in [0.25, 0.3) is 0 Å². The number of para-hydroxylation sites is 5. The highest BCUT2D eigenvalue weighted by Crippen LogP contribution is 2.53. The summed E-state index contributed by atoms with van der Waals surface area (Å²) in [6.07, 6.45) is 0. The number of nitrogens with zero attached hydrogens (tertiary/aromatic N) is 2. The average molecular weight is 851 g/mol. The molecular formula is C60H38N2O2S. The molecule has 3 heterocycles. The molecule has 0 radical (unpaired) electrons. The fourth-order valence-corrected chi connectivity index (χ4v) is 10.9. The Bertz CT molecular complexity index is 3850. The van der Waals surface area contributed by atoms with Gasteiger partial charge in [0.05, 0.1) is 16.1 Å². The summed E-state index contributed by atoms with van der Waals surface area (Å²) in [6, 6.07) is 82.3. The summed E-state index contributed by atoms with van der Waals surface area (Å²) < 4.78 is 14.9. The quantitative estimate of drug-likeness (QED) is 0.152. The van der Waals surface area contributed by atoms with Gasteiger partial charge < -0.3 is 18.6 Å². The molecule has 0 saturated carbocycles. The van der Waals surface area contributed by atoms with Crippen LogP contribution in [0.1, 0.15) is 0 Å². The van der Waals surface area contributed by atoms with Crippen LogP contribution in [0.3, 0.4) is 0 Å². The second kappa shape index (κ2) is 15.2. The lowest BCUT2D eigenvalue weighted by atomic mass is 9.98. The van der Waals surface area contributed by atoms with Gasteiger partial charge in [-0.25, -0.2) is 0 Å². The van der Waals surface area contributed by atoms with Crippen molar-refractivity contribution in [1.82, 2.24) is 0 Å². The van der Waals surface area contributed by atoms with Gasteiger partial charge in [-0.05, 0) is 113 Å². The molecule has 4 nitrogen and oxygen atoms in total. The van der Waals surface area contributed by atoms with Gasteiger partial charge in [-0.2, -0.15) is 0 Å². The van der Waals surface area contributed by atoms with E-state index in [9.17, 15) is 0 Å². The van der Waals surface area contributed by atoms with Crippen LogP contribution >= 0.6 is 11.3 Å². The summed E-state index contributed by atoms with van der Waals surface area (Å²) in [5.41, 5.74) is 14.7. The van der Waals surface area contributed by atoms with Crippen LogP contribution in [0.2, 0.25) is 0 Å². The zero-order chi connectivity index (χ0) is 42.8. The lowest BCUT2D eigenvalue weighted by Gasteiger charge is -2.33. The average Bonchev–Trinajstić information content (AvgIpc) is 4.07. The van der Waals surface area contributed by atoms with Crippen molar-refractivity contribution >= 4 is 110 Å². The van der Waals surface area contributed by atoms with Crippen LogP contribution in [-0.2, 0) is 0 Å². The van der Waals surface area contributed by atoms with Crippen LogP contribution < -0.4 is 9.80 Å². The van der Waals surface area contributed by atoms with E-state index in [-0.39, 0.29) is 0 Å². The Morgan fingerprint density at radius 2 is 0.862 bits per heavy atom. The zero-order valence-corrected chi connectivity index (χ0v) is 35.9. The minimum atomic E-state index is 0.895. The molecule has 0 unspecified atom stereocenters. The van der Waals surface area contributed by atoms with Crippen molar-refractivity contribution in [2.75, 3.05) is 9.80 Å². The summed E-state index contributed by atoms with van der Waals surface area (Å²) in [6.45, 7) is 0. The molecule has 0 amide bonds. The first-order chi connectivity index (χ1) is 32.2. The fraction of sp³-hybridized carbons (Fsp3) is 0. The normalized spacial score (nSPS) is 11.7. The summed E-state index contributed by atoms with van der Waals surface area (Å²) in [7, 11) is 0. The number of hydrogen-bond acceptors (Lipinski definition) is 5. The maximum absolute atomic E-state index is 6.33. The minimum Gasteiger partial charge on any atom is -0.456 e. The van der Waals surface area contributed by atoms with E-state index in [4.69, 9.17) is 8.83 Å². The topological polar surface area (TPSA) is 32.8 Å². The van der Waals surface area contributed by atoms with E-state index in [2.05, 4.69) is 222 Å². The molecule has 0 spiro atoms. The third-order valence-electron chi connectivity index (χ3n) is 12.7. The van der Waals surface area contributed by atoms with Crippen LogP contribution in [0.15, 0.2) is 239 Å². The first-order valence-electron chi connectivity index (χ1n) is 21.9. The second-order valence-electron chi connectivity index (χ2n) is 16.4. The maximum atomic E-state index is 6.33. The molecule has 13 aromatic rings. The highest BCUT2D eigenvalue weighted by Gasteiger charge is 2.27. The summed E-state index contributed by atoms with van der Waals surface area (Å²) in [5.74, 6) is 0. The summed E-state index contributed by atoms with van der Waals surface area (Å²) >= 11 is 1.85. The van der Waals surface area contributed by atoms with Gasteiger partial charge >= 0.3 is 0 Å². The number of benzene rings is 10. The number of furan rings is 2. The van der Waals surface area contributed by atoms with E-state index >= 15 is 0 Å². The molecule has 0 aliphatic heterocycles. The molecule has 65 heavy (non-hydrogen) atoms. The van der Waals surface area contributed by atoms with Crippen molar-refractivity contribution in [1.29, 1.82) is 0 Å². The predicted molar refractivity (Wildman–Crippen MR) is 274 cm³/mol. The molecule has 0 aliphatic rings. The van der Waals surface area contributed by atoms with Gasteiger partial charge in [-0.15, -0.1) is 11.3 Å². The largest absolute Gasteiger partial charge is 0.456 e. The molecule has 13 rings (SSSR count). The molecule has 0 fully saturated rings. The van der Waals surface area contributed by atoms with E-state index in [1.165, 1.54) is 20.2 Å². The van der Waals surface area contributed by atoms with Gasteiger partial charge in [0.2, 0.25) is 0 Å². The number of hydrogen-bond donors (Lipinski definition) is 0. The Kier molecular flexibility index (Phi) is 8.68. The fourth-order valence-electron chi connectivity index (χ4n) is 9.67. The summed E-state index contributed by atoms with van der Waals surface area (Å²) in [4.78, 5) is 4.84. The predicted octanol–water partition coefficient (Wildman–Crippen LogP) is 18.1. The lowest BCUT2D eigenvalue weighted by Crippen LogP contribution is -2.17. The van der Waals surface area contributed by atoms with Crippen molar-refractivity contribution in [3.63, 3.8) is 0 Å². The molecule has 0 aliphatic carbocycles. The van der Waals surface area contributed by atoms with E-state index < -0.39 is 0 Å². The number of fused-ring (bicyclic) bond motifs is 9. The standard InChI is InChI=1S/C60H38N2O2S/c1-4-15-42(16-5-1)61(43-17-6-2-7-18-43)52-35-34-49-48-33-29-41(46-23-14-26-56-58(46)50-22-11-13-25-54(50)64-56)38-57(48)65-60(49)59(52)62(44-19-8-3-9-20-44)45-31-27-39(28-32-45)40-30-36-55-51(37-40)47-21-10-12-24-53(47)63-55/h1-38H. The molecule has 0 bridgehead atoms. The third kappa shape index (κ3) is 6.20. The van der Waals surface area contributed by atoms with Gasteiger partial charge in [-0.1, -0.05) is 140 Å². The molecule has 0 saturated heterocycles. The van der Waals surface area contributed by atoms with E-state index in [1.807, 2.05) is 29.5 Å². The first kappa shape index (κ1) is 37.2. The molecule has 0 N–H and O–H groups in total. The van der Waals surface area contributed by atoms with Crippen molar-refractivity contribution in [2.24, 2.45) is 0 Å². The van der Waals surface area contributed by atoms with Crippen molar-refractivity contribution in [2.45, 2.75) is 0 Å². The summed E-state index contributed by atoms with van der Waals surface area (Å²) in [5, 5.41) is 6.95. The van der Waals surface area contributed by atoms with Crippen LogP contribution in [-0.4, -0.2) is 0 Å². The van der Waals surface area contributed by atoms with Crippen LogP contribution in [0.5, 0.6) is 0 Å². The van der Waals surface area contributed by atoms with Crippen LogP contribution in [0.4, 0.5) is 34.1 Å². The molecule has 0 atom stereocenters. The van der Waals surface area contributed by atoms with Gasteiger partial charge in [0, 0.05) is 59.8 Å². The number of thiophene rings is 1. The first-order valence-corrected chi connectivity index (χ1v) is 22.7. The Morgan fingerprint density at radius 3 is 1.58 bits per heavy atom. The van der Waals surface area contributed by atoms with Crippen LogP contribution in [0, 0.1) is 0 Å². The minimum absolute atomic E-state index is 0.895. The highest BCUT2D eigenvalue weighted by molar-refractivity contribution is 7.26. The van der Waals surface area contributed by atoms with E-state index in [0.29, 0.717) is 0 Å². The van der Waals surface area contributed by atoms with Crippen molar-refractivity contribution < 1.29 is 8.83 Å². The van der Waals surface area contributed by atoms with E-state index in [1.54, 1.807) is 0 Å². The molecular weight excluding hydrogens is 813 g/mol.